The fourth-order valence-electron chi connectivity index (χ4n) is 0.993. The quantitative estimate of drug-likeness (QED) is 0.367. The normalized spacial score (nSPS) is 39.1. The minimum absolute atomic E-state index is 0.539. The van der Waals surface area contributed by atoms with Crippen molar-refractivity contribution >= 4 is 0 Å². The van der Waals surface area contributed by atoms with Gasteiger partial charge in [0.2, 0.25) is 0 Å². The molecule has 0 saturated carbocycles. The number of hydrogen-bond donors (Lipinski definition) is 2. The number of hydrogen-bond acceptors (Lipinski definition) is 2. The maximum atomic E-state index is 9.38. The van der Waals surface area contributed by atoms with Crippen LogP contribution >= 0.6 is 0 Å². The highest BCUT2D eigenvalue weighted by atomic mass is 16.3. The topological polar surface area (TPSA) is 40.5 Å². The summed E-state index contributed by atoms with van der Waals surface area (Å²) >= 11 is 0. The van der Waals surface area contributed by atoms with E-state index in [-0.39, 0.29) is 0 Å². The molecule has 0 amide bonds. The molecule has 0 saturated heterocycles. The van der Waals surface area contributed by atoms with Crippen LogP contribution in [0.3, 0.4) is 0 Å². The van der Waals surface area contributed by atoms with Gasteiger partial charge in [0.25, 0.3) is 0 Å². The van der Waals surface area contributed by atoms with Gasteiger partial charge in [-0.05, 0) is 18.9 Å². The van der Waals surface area contributed by atoms with Crippen LogP contribution in [0, 0.1) is 12.3 Å². The first-order chi connectivity index (χ1) is 4.69. The van der Waals surface area contributed by atoms with Crippen molar-refractivity contribution in [2.45, 2.75) is 24.5 Å². The molecule has 0 fully saturated rings. The molecule has 1 rings (SSSR count). The molecular formula is C8H10O2. The number of aliphatic hydroxyl groups excluding tert-OH is 1. The van der Waals surface area contributed by atoms with E-state index in [2.05, 4.69) is 5.92 Å². The van der Waals surface area contributed by atoms with Gasteiger partial charge in [0.1, 0.15) is 0 Å². The van der Waals surface area contributed by atoms with Crippen molar-refractivity contribution in [1.29, 1.82) is 0 Å². The van der Waals surface area contributed by atoms with E-state index in [9.17, 15) is 10.2 Å². The lowest BCUT2D eigenvalue weighted by Gasteiger charge is -2.27. The Morgan fingerprint density at radius 3 is 2.80 bits per heavy atom. The SMILES string of the molecule is C#C[C@]1(O)C=CCC[C@H]1O. The van der Waals surface area contributed by atoms with Gasteiger partial charge < -0.3 is 10.2 Å². The number of rotatable bonds is 0. The maximum absolute atomic E-state index is 9.38. The second kappa shape index (κ2) is 2.45. The van der Waals surface area contributed by atoms with Crippen LogP contribution in [-0.4, -0.2) is 21.9 Å². The van der Waals surface area contributed by atoms with E-state index in [0.29, 0.717) is 6.42 Å². The maximum Gasteiger partial charge on any atom is 0.169 e. The van der Waals surface area contributed by atoms with E-state index in [1.165, 1.54) is 6.08 Å². The van der Waals surface area contributed by atoms with Gasteiger partial charge in [-0.3, -0.25) is 0 Å². The Morgan fingerprint density at radius 2 is 2.40 bits per heavy atom. The smallest absolute Gasteiger partial charge is 0.169 e. The highest BCUT2D eigenvalue weighted by molar-refractivity contribution is 5.24. The molecule has 2 heteroatoms. The standard InChI is InChI=1S/C8H10O2/c1-2-8(10)6-4-3-5-7(8)9/h1,4,6-7,9-10H,3,5H2/t7-,8+/m1/s1. The summed E-state index contributed by atoms with van der Waals surface area (Å²) in [5.74, 6) is 2.15. The monoisotopic (exact) mass is 138 g/mol. The van der Waals surface area contributed by atoms with Crippen molar-refractivity contribution in [1.82, 2.24) is 0 Å². The Morgan fingerprint density at radius 1 is 1.70 bits per heavy atom. The van der Waals surface area contributed by atoms with Crippen molar-refractivity contribution in [3.8, 4) is 12.3 Å². The molecule has 2 atom stereocenters. The zero-order valence-corrected chi connectivity index (χ0v) is 5.62. The van der Waals surface area contributed by atoms with Crippen LogP contribution in [0.5, 0.6) is 0 Å². The molecule has 0 aliphatic heterocycles. The molecular weight excluding hydrogens is 128 g/mol. The lowest BCUT2D eigenvalue weighted by atomic mass is 9.89. The molecule has 1 aliphatic rings. The highest BCUT2D eigenvalue weighted by Crippen LogP contribution is 2.21. The third-order valence-electron chi connectivity index (χ3n) is 1.72. The van der Waals surface area contributed by atoms with Gasteiger partial charge in [-0.15, -0.1) is 6.42 Å². The van der Waals surface area contributed by atoms with E-state index >= 15 is 0 Å². The summed E-state index contributed by atoms with van der Waals surface area (Å²) in [6.45, 7) is 0. The molecule has 54 valence electrons. The van der Waals surface area contributed by atoms with Crippen LogP contribution in [0.15, 0.2) is 12.2 Å². The first-order valence-electron chi connectivity index (χ1n) is 3.25. The van der Waals surface area contributed by atoms with E-state index < -0.39 is 11.7 Å². The Balaban J connectivity index is 2.84. The lowest BCUT2D eigenvalue weighted by Crippen LogP contribution is -2.40. The van der Waals surface area contributed by atoms with Gasteiger partial charge in [-0.2, -0.15) is 0 Å². The van der Waals surface area contributed by atoms with Gasteiger partial charge in [0, 0.05) is 0 Å². The summed E-state index contributed by atoms with van der Waals surface area (Å²) in [4.78, 5) is 0. The minimum atomic E-state index is -1.42. The second-order valence-electron chi connectivity index (χ2n) is 2.47. The van der Waals surface area contributed by atoms with Crippen LogP contribution in [-0.2, 0) is 0 Å². The van der Waals surface area contributed by atoms with Gasteiger partial charge >= 0.3 is 0 Å². The average Bonchev–Trinajstić information content (AvgIpc) is 1.96. The van der Waals surface area contributed by atoms with Crippen molar-refractivity contribution in [2.24, 2.45) is 0 Å². The third kappa shape index (κ3) is 1.06. The Kier molecular flexibility index (Phi) is 1.80. The summed E-state index contributed by atoms with van der Waals surface area (Å²) in [7, 11) is 0. The summed E-state index contributed by atoms with van der Waals surface area (Å²) in [5.41, 5.74) is -1.42. The molecule has 0 heterocycles. The average molecular weight is 138 g/mol. The Hall–Kier alpha value is -0.780. The zero-order chi connectivity index (χ0) is 7.61. The largest absolute Gasteiger partial charge is 0.389 e. The van der Waals surface area contributed by atoms with Gasteiger partial charge in [-0.1, -0.05) is 12.0 Å². The predicted molar refractivity (Wildman–Crippen MR) is 38.2 cm³/mol. The lowest BCUT2D eigenvalue weighted by molar-refractivity contribution is -0.00720. The fourth-order valence-corrected chi connectivity index (χ4v) is 0.993. The van der Waals surface area contributed by atoms with Crippen LogP contribution in [0.1, 0.15) is 12.8 Å². The third-order valence-corrected chi connectivity index (χ3v) is 1.72. The van der Waals surface area contributed by atoms with E-state index in [1.54, 1.807) is 6.08 Å². The van der Waals surface area contributed by atoms with E-state index in [0.717, 1.165) is 6.42 Å². The highest BCUT2D eigenvalue weighted by Gasteiger charge is 2.31. The van der Waals surface area contributed by atoms with Gasteiger partial charge in [0.05, 0.1) is 6.10 Å². The molecule has 0 spiro atoms. The van der Waals surface area contributed by atoms with Gasteiger partial charge in [0.15, 0.2) is 5.60 Å². The second-order valence-corrected chi connectivity index (χ2v) is 2.47. The molecule has 2 N–H and O–H groups in total. The van der Waals surface area contributed by atoms with Crippen molar-refractivity contribution in [3.63, 3.8) is 0 Å². The summed E-state index contributed by atoms with van der Waals surface area (Å²) in [5, 5.41) is 18.6. The first kappa shape index (κ1) is 7.33. The number of allylic oxidation sites excluding steroid dienone is 1. The summed E-state index contributed by atoms with van der Waals surface area (Å²) < 4.78 is 0. The van der Waals surface area contributed by atoms with E-state index in [4.69, 9.17) is 6.42 Å². The molecule has 0 aromatic heterocycles. The fraction of sp³-hybridized carbons (Fsp3) is 0.500. The minimum Gasteiger partial charge on any atom is -0.389 e. The Bertz CT molecular complexity index is 190. The summed E-state index contributed by atoms with van der Waals surface area (Å²) in [6.07, 6.45) is 8.79. The van der Waals surface area contributed by atoms with Crippen molar-refractivity contribution < 1.29 is 10.2 Å². The molecule has 2 nitrogen and oxygen atoms in total. The molecule has 0 unspecified atom stereocenters. The zero-order valence-electron chi connectivity index (χ0n) is 5.62. The molecule has 1 aliphatic carbocycles. The Labute approximate surface area is 60.2 Å². The number of aliphatic hydroxyl groups is 2. The summed E-state index contributed by atoms with van der Waals surface area (Å²) in [6, 6.07) is 0. The molecule has 0 radical (unpaired) electrons. The predicted octanol–water partition coefficient (Wildman–Crippen LogP) is 0.0616. The first-order valence-corrected chi connectivity index (χ1v) is 3.25. The molecule has 0 aromatic rings. The van der Waals surface area contributed by atoms with Crippen LogP contribution in [0.4, 0.5) is 0 Å². The van der Waals surface area contributed by atoms with Crippen LogP contribution in [0.25, 0.3) is 0 Å². The van der Waals surface area contributed by atoms with Gasteiger partial charge in [-0.25, -0.2) is 0 Å². The molecule has 10 heavy (non-hydrogen) atoms. The van der Waals surface area contributed by atoms with Crippen LogP contribution in [0.2, 0.25) is 0 Å². The molecule has 0 bridgehead atoms. The number of terminal acetylenes is 1. The van der Waals surface area contributed by atoms with Crippen LogP contribution < -0.4 is 0 Å². The van der Waals surface area contributed by atoms with Crippen molar-refractivity contribution in [2.75, 3.05) is 0 Å². The molecule has 0 aromatic carbocycles. The van der Waals surface area contributed by atoms with Crippen molar-refractivity contribution in [3.05, 3.63) is 12.2 Å². The van der Waals surface area contributed by atoms with E-state index in [1.807, 2.05) is 0 Å².